The summed E-state index contributed by atoms with van der Waals surface area (Å²) in [7, 11) is 1.80. The van der Waals surface area contributed by atoms with Gasteiger partial charge in [0.2, 0.25) is 0 Å². The molecule has 7 heteroatoms. The van der Waals surface area contributed by atoms with Crippen molar-refractivity contribution in [3.05, 3.63) is 53.1 Å². The van der Waals surface area contributed by atoms with Gasteiger partial charge in [0.05, 0.1) is 10.6 Å². The molecule has 1 atom stereocenters. The number of carbonyl (C=O) groups excluding carboxylic acids is 1. The molecule has 1 aliphatic heterocycles. The Morgan fingerprint density at radius 3 is 2.92 bits per heavy atom. The fourth-order valence-electron chi connectivity index (χ4n) is 3.44. The molecule has 0 aliphatic carbocycles. The highest BCUT2D eigenvalue weighted by Crippen LogP contribution is 2.29. The standard InChI is InChI=1S/C19H21N5OS/c1-13-11-15(17-6-4-10-26-17)22-18(21-13)14-5-3-9-24(12-14)19(25)16-7-8-20-23(16)2/h4,6-8,10-11,14H,3,5,9,12H2,1-2H3/t14-/m0/s1. The molecule has 26 heavy (non-hydrogen) atoms. The quantitative estimate of drug-likeness (QED) is 0.713. The Balaban J connectivity index is 1.58. The zero-order valence-electron chi connectivity index (χ0n) is 14.9. The van der Waals surface area contributed by atoms with E-state index in [1.165, 1.54) is 0 Å². The molecule has 1 aliphatic rings. The van der Waals surface area contributed by atoms with Gasteiger partial charge in [-0.05, 0) is 43.3 Å². The Bertz CT molecular complexity index is 918. The van der Waals surface area contributed by atoms with Gasteiger partial charge in [-0.1, -0.05) is 6.07 Å². The van der Waals surface area contributed by atoms with Crippen molar-refractivity contribution in [3.8, 4) is 10.6 Å². The predicted molar refractivity (Wildman–Crippen MR) is 101 cm³/mol. The minimum Gasteiger partial charge on any atom is -0.337 e. The van der Waals surface area contributed by atoms with Crippen molar-refractivity contribution in [2.24, 2.45) is 7.05 Å². The van der Waals surface area contributed by atoms with Crippen LogP contribution in [-0.2, 0) is 7.05 Å². The van der Waals surface area contributed by atoms with E-state index in [9.17, 15) is 4.79 Å². The van der Waals surface area contributed by atoms with Crippen LogP contribution in [0.4, 0.5) is 0 Å². The largest absolute Gasteiger partial charge is 0.337 e. The molecule has 1 amide bonds. The van der Waals surface area contributed by atoms with Crippen molar-refractivity contribution in [2.45, 2.75) is 25.7 Å². The predicted octanol–water partition coefficient (Wildman–Crippen LogP) is 3.27. The van der Waals surface area contributed by atoms with Crippen LogP contribution < -0.4 is 0 Å². The summed E-state index contributed by atoms with van der Waals surface area (Å²) >= 11 is 1.68. The fourth-order valence-corrected chi connectivity index (χ4v) is 4.13. The second-order valence-electron chi connectivity index (χ2n) is 6.66. The number of likely N-dealkylation sites (tertiary alicyclic amines) is 1. The van der Waals surface area contributed by atoms with Gasteiger partial charge in [-0.15, -0.1) is 11.3 Å². The van der Waals surface area contributed by atoms with E-state index in [0.29, 0.717) is 12.2 Å². The van der Waals surface area contributed by atoms with Gasteiger partial charge >= 0.3 is 0 Å². The van der Waals surface area contributed by atoms with Gasteiger partial charge in [0.1, 0.15) is 11.5 Å². The van der Waals surface area contributed by atoms with Gasteiger partial charge in [-0.25, -0.2) is 9.97 Å². The lowest BCUT2D eigenvalue weighted by Gasteiger charge is -2.32. The summed E-state index contributed by atoms with van der Waals surface area (Å²) < 4.78 is 1.63. The van der Waals surface area contributed by atoms with E-state index in [4.69, 9.17) is 4.98 Å². The molecule has 3 aromatic heterocycles. The molecule has 4 heterocycles. The molecule has 0 radical (unpaired) electrons. The maximum Gasteiger partial charge on any atom is 0.272 e. The number of hydrogen-bond acceptors (Lipinski definition) is 5. The van der Waals surface area contributed by atoms with Gasteiger partial charge < -0.3 is 4.90 Å². The van der Waals surface area contributed by atoms with Crippen molar-refractivity contribution < 1.29 is 4.79 Å². The number of amides is 1. The second-order valence-corrected chi connectivity index (χ2v) is 7.61. The Morgan fingerprint density at radius 2 is 2.19 bits per heavy atom. The first kappa shape index (κ1) is 16.9. The lowest BCUT2D eigenvalue weighted by molar-refractivity contribution is 0.0693. The first-order chi connectivity index (χ1) is 12.6. The number of hydrogen-bond donors (Lipinski definition) is 0. The van der Waals surface area contributed by atoms with Crippen LogP contribution >= 0.6 is 11.3 Å². The maximum atomic E-state index is 12.8. The monoisotopic (exact) mass is 367 g/mol. The van der Waals surface area contributed by atoms with Crippen LogP contribution in [0.25, 0.3) is 10.6 Å². The number of rotatable bonds is 3. The molecule has 1 fully saturated rings. The number of aromatic nitrogens is 4. The first-order valence-corrected chi connectivity index (χ1v) is 9.66. The highest BCUT2D eigenvalue weighted by Gasteiger charge is 2.28. The van der Waals surface area contributed by atoms with Crippen molar-refractivity contribution >= 4 is 17.2 Å². The molecule has 0 saturated carbocycles. The third-order valence-electron chi connectivity index (χ3n) is 4.76. The van der Waals surface area contributed by atoms with Crippen LogP contribution in [0.3, 0.4) is 0 Å². The van der Waals surface area contributed by atoms with Crippen molar-refractivity contribution in [1.82, 2.24) is 24.6 Å². The van der Waals surface area contributed by atoms with Gasteiger partial charge in [-0.2, -0.15) is 5.10 Å². The highest BCUT2D eigenvalue weighted by molar-refractivity contribution is 7.13. The molecule has 0 spiro atoms. The Hall–Kier alpha value is -2.54. The number of piperidine rings is 1. The summed E-state index contributed by atoms with van der Waals surface area (Å²) in [6, 6.07) is 7.90. The second kappa shape index (κ2) is 6.99. The molecule has 134 valence electrons. The minimum absolute atomic E-state index is 0.0285. The molecular weight excluding hydrogens is 346 g/mol. The van der Waals surface area contributed by atoms with Gasteiger partial charge in [0.25, 0.3) is 5.91 Å². The molecule has 0 aromatic carbocycles. The van der Waals surface area contributed by atoms with Crippen LogP contribution in [0.15, 0.2) is 35.8 Å². The Kier molecular flexibility index (Phi) is 4.55. The van der Waals surface area contributed by atoms with Crippen LogP contribution in [0.1, 0.15) is 40.8 Å². The highest BCUT2D eigenvalue weighted by atomic mass is 32.1. The van der Waals surface area contributed by atoms with E-state index in [-0.39, 0.29) is 11.8 Å². The number of thiophene rings is 1. The first-order valence-electron chi connectivity index (χ1n) is 8.78. The number of carbonyl (C=O) groups is 1. The summed E-state index contributed by atoms with van der Waals surface area (Å²) in [5.41, 5.74) is 2.56. The number of aryl methyl sites for hydroxylation is 2. The van der Waals surface area contributed by atoms with E-state index >= 15 is 0 Å². The van der Waals surface area contributed by atoms with Gasteiger partial charge in [-0.3, -0.25) is 9.48 Å². The molecule has 6 nitrogen and oxygen atoms in total. The minimum atomic E-state index is 0.0285. The van der Waals surface area contributed by atoms with Crippen molar-refractivity contribution in [1.29, 1.82) is 0 Å². The van der Waals surface area contributed by atoms with Crippen LogP contribution in [0.5, 0.6) is 0 Å². The van der Waals surface area contributed by atoms with Gasteiger partial charge in [0, 0.05) is 37.9 Å². The fraction of sp³-hybridized carbons (Fsp3) is 0.368. The molecular formula is C19H21N5OS. The van der Waals surface area contributed by atoms with Gasteiger partial charge in [0.15, 0.2) is 0 Å². The Labute approximate surface area is 156 Å². The third kappa shape index (κ3) is 3.26. The van der Waals surface area contributed by atoms with E-state index in [1.54, 1.807) is 35.3 Å². The topological polar surface area (TPSA) is 63.9 Å². The molecule has 0 unspecified atom stereocenters. The molecule has 0 N–H and O–H groups in total. The summed E-state index contributed by atoms with van der Waals surface area (Å²) in [5, 5.41) is 6.16. The number of nitrogens with zero attached hydrogens (tertiary/aromatic N) is 5. The summed E-state index contributed by atoms with van der Waals surface area (Å²) in [6.07, 6.45) is 3.62. The SMILES string of the molecule is Cc1cc(-c2cccs2)nc([C@H]2CCCN(C(=O)c3ccnn3C)C2)n1. The van der Waals surface area contributed by atoms with Crippen molar-refractivity contribution in [2.75, 3.05) is 13.1 Å². The van der Waals surface area contributed by atoms with Crippen LogP contribution in [0, 0.1) is 6.92 Å². The van der Waals surface area contributed by atoms with E-state index in [0.717, 1.165) is 41.5 Å². The van der Waals surface area contributed by atoms with E-state index in [2.05, 4.69) is 21.5 Å². The average Bonchev–Trinajstić information content (AvgIpc) is 3.32. The maximum absolute atomic E-state index is 12.8. The smallest absolute Gasteiger partial charge is 0.272 e. The Morgan fingerprint density at radius 1 is 1.31 bits per heavy atom. The average molecular weight is 367 g/mol. The van der Waals surface area contributed by atoms with E-state index in [1.807, 2.05) is 24.0 Å². The van der Waals surface area contributed by atoms with Crippen molar-refractivity contribution in [3.63, 3.8) is 0 Å². The molecule has 4 rings (SSSR count). The molecule has 0 bridgehead atoms. The van der Waals surface area contributed by atoms with Crippen LogP contribution in [0.2, 0.25) is 0 Å². The summed E-state index contributed by atoms with van der Waals surface area (Å²) in [6.45, 7) is 3.42. The lowest BCUT2D eigenvalue weighted by Crippen LogP contribution is -2.40. The van der Waals surface area contributed by atoms with Crippen LogP contribution in [-0.4, -0.2) is 43.6 Å². The summed E-state index contributed by atoms with van der Waals surface area (Å²) in [5.74, 6) is 1.04. The molecule has 1 saturated heterocycles. The zero-order valence-corrected chi connectivity index (χ0v) is 15.7. The van der Waals surface area contributed by atoms with E-state index < -0.39 is 0 Å². The third-order valence-corrected chi connectivity index (χ3v) is 5.65. The normalized spacial score (nSPS) is 17.5. The molecule has 3 aromatic rings. The zero-order chi connectivity index (χ0) is 18.1. The lowest BCUT2D eigenvalue weighted by atomic mass is 9.96. The summed E-state index contributed by atoms with van der Waals surface area (Å²) in [4.78, 5) is 25.4.